The van der Waals surface area contributed by atoms with Crippen LogP contribution in [0.3, 0.4) is 0 Å². The quantitative estimate of drug-likeness (QED) is 0.317. The van der Waals surface area contributed by atoms with Crippen LogP contribution in [-0.2, 0) is 19.4 Å². The number of fused-ring (bicyclic) bond motifs is 3. The number of aromatic amines is 1. The van der Waals surface area contributed by atoms with Gasteiger partial charge in [-0.3, -0.25) is 4.40 Å². The van der Waals surface area contributed by atoms with Crippen molar-refractivity contribution >= 4 is 32.6 Å². The molecule has 0 aliphatic heterocycles. The molecule has 0 unspecified atom stereocenters. The van der Waals surface area contributed by atoms with Crippen molar-refractivity contribution in [2.24, 2.45) is 5.92 Å². The topological polar surface area (TPSA) is 119 Å². The first kappa shape index (κ1) is 23.2. The zero-order valence-corrected chi connectivity index (χ0v) is 20.7. The van der Waals surface area contributed by atoms with E-state index in [-0.39, 0.29) is 33.4 Å². The molecule has 2 atom stereocenters. The zero-order valence-electron chi connectivity index (χ0n) is 19.9. The Morgan fingerprint density at radius 2 is 2.00 bits per heavy atom. The highest BCUT2D eigenvalue weighted by atomic mass is 32.2. The van der Waals surface area contributed by atoms with E-state index in [4.69, 9.17) is 4.74 Å². The molecule has 1 fully saturated rings. The van der Waals surface area contributed by atoms with E-state index >= 15 is 0 Å². The minimum atomic E-state index is -3.95. The third kappa shape index (κ3) is 3.91. The van der Waals surface area contributed by atoms with Gasteiger partial charge in [-0.05, 0) is 50.3 Å². The van der Waals surface area contributed by atoms with Crippen molar-refractivity contribution in [3.63, 3.8) is 0 Å². The van der Waals surface area contributed by atoms with Crippen LogP contribution in [0.4, 0.5) is 0 Å². The molecule has 0 spiro atoms. The van der Waals surface area contributed by atoms with Crippen LogP contribution in [0, 0.1) is 12.8 Å². The smallest absolute Gasteiger partial charge is 0.330 e. The van der Waals surface area contributed by atoms with Crippen molar-refractivity contribution in [2.75, 3.05) is 6.61 Å². The molecule has 4 aromatic rings. The van der Waals surface area contributed by atoms with Crippen LogP contribution < -0.4 is 0 Å². The Morgan fingerprint density at radius 1 is 1.20 bits per heavy atom. The molecule has 1 N–H and O–H groups in total. The van der Waals surface area contributed by atoms with Crippen LogP contribution in [-0.4, -0.2) is 45.6 Å². The maximum Gasteiger partial charge on any atom is 0.330 e. The van der Waals surface area contributed by atoms with Crippen molar-refractivity contribution in [3.8, 4) is 0 Å². The maximum atomic E-state index is 13.7. The molecule has 1 aliphatic carbocycles. The Balaban J connectivity index is 1.68. The van der Waals surface area contributed by atoms with Crippen LogP contribution in [0.2, 0.25) is 0 Å². The summed E-state index contributed by atoms with van der Waals surface area (Å²) >= 11 is 0. The summed E-state index contributed by atoms with van der Waals surface area (Å²) in [6, 6.07) is 8.68. The Kier molecular flexibility index (Phi) is 5.92. The van der Waals surface area contributed by atoms with Crippen molar-refractivity contribution in [1.82, 2.24) is 24.6 Å². The highest BCUT2D eigenvalue weighted by Crippen LogP contribution is 2.44. The van der Waals surface area contributed by atoms with Gasteiger partial charge in [0.15, 0.2) is 11.3 Å². The van der Waals surface area contributed by atoms with Gasteiger partial charge >= 0.3 is 5.97 Å². The van der Waals surface area contributed by atoms with Crippen molar-refractivity contribution in [2.45, 2.75) is 55.9 Å². The number of ether oxygens (including phenoxy) is 1. The van der Waals surface area contributed by atoms with E-state index in [0.717, 1.165) is 18.4 Å². The van der Waals surface area contributed by atoms with Gasteiger partial charge in [-0.1, -0.05) is 37.1 Å². The molecule has 5 rings (SSSR count). The Hall–Kier alpha value is -3.53. The van der Waals surface area contributed by atoms with Gasteiger partial charge in [-0.25, -0.2) is 18.2 Å². The average Bonchev–Trinajstić information content (AvgIpc) is 3.55. The summed E-state index contributed by atoms with van der Waals surface area (Å²) in [5, 5.41) is 8.71. The molecule has 182 valence electrons. The molecule has 3 heterocycles. The monoisotopic (exact) mass is 493 g/mol. The number of nitrogens with zero attached hydrogens (tertiary/aromatic N) is 4. The fourth-order valence-electron chi connectivity index (χ4n) is 5.04. The van der Waals surface area contributed by atoms with Gasteiger partial charge in [0.05, 0.1) is 17.0 Å². The van der Waals surface area contributed by atoms with Gasteiger partial charge in [0.1, 0.15) is 5.82 Å². The van der Waals surface area contributed by atoms with Crippen molar-refractivity contribution < 1.29 is 17.9 Å². The highest BCUT2D eigenvalue weighted by molar-refractivity contribution is 7.91. The van der Waals surface area contributed by atoms with E-state index in [1.807, 2.05) is 10.5 Å². The summed E-state index contributed by atoms with van der Waals surface area (Å²) in [7, 11) is -3.95. The Bertz CT molecular complexity index is 1570. The van der Waals surface area contributed by atoms with E-state index < -0.39 is 9.84 Å². The first-order chi connectivity index (χ1) is 16.8. The molecule has 0 saturated heterocycles. The summed E-state index contributed by atoms with van der Waals surface area (Å²) in [6.45, 7) is 5.97. The number of hydrogen-bond acceptors (Lipinski definition) is 7. The molecule has 1 aliphatic rings. The summed E-state index contributed by atoms with van der Waals surface area (Å²) < 4.78 is 34.3. The second kappa shape index (κ2) is 8.92. The fourth-order valence-corrected chi connectivity index (χ4v) is 6.58. The van der Waals surface area contributed by atoms with Crippen molar-refractivity contribution in [3.05, 3.63) is 59.6 Å². The maximum absolute atomic E-state index is 13.7. The van der Waals surface area contributed by atoms with Crippen LogP contribution >= 0.6 is 0 Å². The molecule has 1 saturated carbocycles. The normalized spacial score (nSPS) is 19.7. The van der Waals surface area contributed by atoms with Gasteiger partial charge in [-0.2, -0.15) is 0 Å². The molecular weight excluding hydrogens is 466 g/mol. The molecule has 10 heteroatoms. The molecule has 9 nitrogen and oxygen atoms in total. The number of carbonyl (C=O) groups excluding carboxylic acids is 1. The van der Waals surface area contributed by atoms with E-state index in [0.29, 0.717) is 35.6 Å². The van der Waals surface area contributed by atoms with Crippen LogP contribution in [0.1, 0.15) is 50.4 Å². The predicted molar refractivity (Wildman–Crippen MR) is 130 cm³/mol. The van der Waals surface area contributed by atoms with E-state index in [9.17, 15) is 13.2 Å². The second-order valence-corrected chi connectivity index (χ2v) is 10.7. The average molecular weight is 494 g/mol. The number of allylic oxidation sites excluding steroid dienone is 1. The minimum absolute atomic E-state index is 0.0230. The van der Waals surface area contributed by atoms with E-state index in [1.54, 1.807) is 50.4 Å². The number of nitrogens with one attached hydrogen (secondary N) is 1. The lowest BCUT2D eigenvalue weighted by molar-refractivity contribution is -0.137. The van der Waals surface area contributed by atoms with E-state index in [2.05, 4.69) is 27.1 Å². The number of carbonyl (C=O) groups is 1. The molecule has 3 aromatic heterocycles. The summed E-state index contributed by atoms with van der Waals surface area (Å²) in [6.07, 6.45) is 5.58. The van der Waals surface area contributed by atoms with Crippen LogP contribution in [0.15, 0.2) is 58.1 Å². The fraction of sp³-hybridized carbons (Fsp3) is 0.360. The first-order valence-corrected chi connectivity index (χ1v) is 13.2. The first-order valence-electron chi connectivity index (χ1n) is 11.7. The number of rotatable bonds is 6. The lowest BCUT2D eigenvalue weighted by Crippen LogP contribution is -2.12. The second-order valence-electron chi connectivity index (χ2n) is 8.85. The summed E-state index contributed by atoms with van der Waals surface area (Å²) in [4.78, 5) is 19.8. The molecule has 0 amide bonds. The molecular formula is C25H27N5O4S. The molecule has 35 heavy (non-hydrogen) atoms. The minimum Gasteiger partial charge on any atom is -0.463 e. The van der Waals surface area contributed by atoms with Gasteiger partial charge in [0.2, 0.25) is 14.9 Å². The molecule has 1 aromatic carbocycles. The third-order valence-corrected chi connectivity index (χ3v) is 8.54. The molecule has 0 radical (unpaired) electrons. The number of H-pyrrole nitrogens is 1. The summed E-state index contributed by atoms with van der Waals surface area (Å²) in [5.74, 6) is 0.548. The third-order valence-electron chi connectivity index (χ3n) is 6.72. The number of esters is 1. The van der Waals surface area contributed by atoms with E-state index in [1.165, 1.54) is 0 Å². The Morgan fingerprint density at radius 3 is 2.74 bits per heavy atom. The van der Waals surface area contributed by atoms with Gasteiger partial charge in [0.25, 0.3) is 0 Å². The Labute approximate surface area is 203 Å². The SMILES string of the molecule is CCOC(=O)C=C1C[C@@H](CC)[C@@H](c2nnc3c(S(=O)(=O)c4ccccc4C)nc4[nH]ccc4n23)C1. The molecule has 0 bridgehead atoms. The van der Waals surface area contributed by atoms with Gasteiger partial charge in [0, 0.05) is 18.2 Å². The van der Waals surface area contributed by atoms with Gasteiger partial charge in [-0.15, -0.1) is 10.2 Å². The number of hydrogen-bond donors (Lipinski definition) is 1. The van der Waals surface area contributed by atoms with Gasteiger partial charge < -0.3 is 9.72 Å². The largest absolute Gasteiger partial charge is 0.463 e. The number of aryl methyl sites for hydroxylation is 1. The van der Waals surface area contributed by atoms with Crippen LogP contribution in [0.5, 0.6) is 0 Å². The number of sulfone groups is 1. The lowest BCUT2D eigenvalue weighted by Gasteiger charge is -2.16. The number of aromatic nitrogens is 5. The number of benzene rings is 1. The summed E-state index contributed by atoms with van der Waals surface area (Å²) in [5.41, 5.74) is 2.99. The van der Waals surface area contributed by atoms with Crippen LogP contribution in [0.25, 0.3) is 16.8 Å². The van der Waals surface area contributed by atoms with Crippen molar-refractivity contribution in [1.29, 1.82) is 0 Å². The zero-order chi connectivity index (χ0) is 24.7. The predicted octanol–water partition coefficient (Wildman–Crippen LogP) is 4.14. The highest BCUT2D eigenvalue weighted by Gasteiger charge is 2.36. The lowest BCUT2D eigenvalue weighted by atomic mass is 9.93. The standard InChI is InChI=1S/C25H27N5O4S/c1-4-17-12-16(14-21(31)34-5-2)13-18(17)23-28-29-24-25(27-22-19(30(23)24)10-11-26-22)35(32,33)20-9-7-6-8-15(20)3/h6-11,14,17-18,26H,4-5,12-13H2,1-3H3/t17-,18+/m1/s1.